The molecule has 3 N–H and O–H groups in total. The molecule has 0 heterocycles. The fourth-order valence-corrected chi connectivity index (χ4v) is 0.258. The van der Waals surface area contributed by atoms with Gasteiger partial charge >= 0.3 is 16.4 Å². The van der Waals surface area contributed by atoms with Crippen LogP contribution in [-0.2, 0) is 19.4 Å². The highest BCUT2D eigenvalue weighted by atomic mass is 32.3. The van der Waals surface area contributed by atoms with Crippen LogP contribution in [0.1, 0.15) is 6.92 Å². The van der Waals surface area contributed by atoms with Gasteiger partial charge < -0.3 is 14.4 Å². The van der Waals surface area contributed by atoms with Crippen LogP contribution in [-0.4, -0.2) is 35.8 Å². The fraction of sp³-hybridized carbons (Fsp3) is 0.286. The van der Waals surface area contributed by atoms with E-state index in [0.29, 0.717) is 6.26 Å². The van der Waals surface area contributed by atoms with Gasteiger partial charge in [0.05, 0.1) is 0 Å². The van der Waals surface area contributed by atoms with Gasteiger partial charge in [0.1, 0.15) is 6.26 Å². The molecular weight excluding hydrogens is 228 g/mol. The van der Waals surface area contributed by atoms with Crippen LogP contribution in [0.3, 0.4) is 0 Å². The zero-order valence-corrected chi connectivity index (χ0v) is 8.98. The molecule has 0 aromatic heterocycles. The summed E-state index contributed by atoms with van der Waals surface area (Å²) in [5.74, 6) is -0.981. The Morgan fingerprint density at radius 3 is 1.73 bits per heavy atom. The first-order valence-electron chi connectivity index (χ1n) is 3.47. The molecule has 0 fully saturated rings. The Bertz CT molecular complexity index is 267. The molecule has 0 atom stereocenters. The minimum absolute atomic E-state index is 0.250. The summed E-state index contributed by atoms with van der Waals surface area (Å²) in [6.45, 7) is 7.78. The van der Waals surface area contributed by atoms with Gasteiger partial charge in [0, 0.05) is 12.7 Å². The zero-order valence-electron chi connectivity index (χ0n) is 8.16. The Balaban J connectivity index is -0.000000158. The average molecular weight is 242 g/mol. The first-order chi connectivity index (χ1) is 6.74. The fourth-order valence-electron chi connectivity index (χ4n) is 0.0860. The maximum atomic E-state index is 9.49. The third-order valence-corrected chi connectivity index (χ3v) is 0.744. The van der Waals surface area contributed by atoms with E-state index in [1.54, 1.807) is 6.92 Å². The summed E-state index contributed by atoms with van der Waals surface area (Å²) in [5.41, 5.74) is 0. The number of carboxylic acids is 1. The van der Waals surface area contributed by atoms with Gasteiger partial charge in [-0.3, -0.25) is 4.55 Å². The van der Waals surface area contributed by atoms with Gasteiger partial charge in [-0.05, 0) is 6.92 Å². The first kappa shape index (κ1) is 19.2. The van der Waals surface area contributed by atoms with Gasteiger partial charge in [0.25, 0.3) is 0 Å². The van der Waals surface area contributed by atoms with Crippen LogP contribution in [0.25, 0.3) is 0 Å². The molecule has 0 aromatic rings. The number of hydrogen-bond acceptors (Lipinski definition) is 5. The van der Waals surface area contributed by atoms with Crippen LogP contribution in [0, 0.1) is 0 Å². The Morgan fingerprint density at radius 1 is 1.47 bits per heavy atom. The van der Waals surface area contributed by atoms with Gasteiger partial charge in [0.15, 0.2) is 0 Å². The van der Waals surface area contributed by atoms with Crippen molar-refractivity contribution in [1.29, 1.82) is 0 Å². The van der Waals surface area contributed by atoms with Crippen LogP contribution in [0.2, 0.25) is 0 Å². The molecule has 0 aromatic carbocycles. The van der Waals surface area contributed by atoms with E-state index in [-0.39, 0.29) is 6.61 Å². The molecule has 0 unspecified atom stereocenters. The van der Waals surface area contributed by atoms with E-state index in [4.69, 9.17) is 14.8 Å². The van der Waals surface area contributed by atoms with Gasteiger partial charge in [-0.1, -0.05) is 13.2 Å². The van der Waals surface area contributed by atoms with Crippen LogP contribution < -0.4 is 0 Å². The lowest BCUT2D eigenvalue weighted by Gasteiger charge is -1.86. The molecule has 0 spiro atoms. The van der Waals surface area contributed by atoms with E-state index in [2.05, 4.69) is 17.3 Å². The second-order valence-corrected chi connectivity index (χ2v) is 2.60. The van der Waals surface area contributed by atoms with E-state index in [1.165, 1.54) is 0 Å². The second kappa shape index (κ2) is 12.6. The summed E-state index contributed by atoms with van der Waals surface area (Å²) in [6.07, 6.45) is 1.45. The van der Waals surface area contributed by atoms with Gasteiger partial charge in [-0.2, -0.15) is 8.42 Å². The van der Waals surface area contributed by atoms with Gasteiger partial charge in [-0.25, -0.2) is 4.79 Å². The largest absolute Gasteiger partial charge is 0.478 e. The Hall–Kier alpha value is -1.38. The maximum absolute atomic E-state index is 9.49. The summed E-state index contributed by atoms with van der Waals surface area (Å²) in [4.78, 5) is 9.25. The summed E-state index contributed by atoms with van der Waals surface area (Å²) >= 11 is 0. The molecule has 7 nitrogen and oxygen atoms in total. The molecule has 0 amide bonds. The summed E-state index contributed by atoms with van der Waals surface area (Å²) < 4.78 is 30.2. The number of aliphatic hydroxyl groups is 1. The van der Waals surface area contributed by atoms with Crippen molar-refractivity contribution in [3.63, 3.8) is 0 Å². The summed E-state index contributed by atoms with van der Waals surface area (Å²) in [7, 11) is -4.29. The summed E-state index contributed by atoms with van der Waals surface area (Å²) in [6, 6.07) is 0. The van der Waals surface area contributed by atoms with Crippen LogP contribution in [0.4, 0.5) is 0 Å². The molecular formula is C7H14O7S. The molecule has 0 rings (SSSR count). The SMILES string of the molecule is C=CC(=O)O.C=COS(=O)(=O)O.CCO. The standard InChI is InChI=1S/C3H4O2.C2H4O4S.C2H6O/c1-2-3(4)5;1-2-6-7(3,4)5;1-2-3/h2H,1H2,(H,4,5);2H,1H2,(H,3,4,5);3H,2H2,1H3. The van der Waals surface area contributed by atoms with Crippen molar-refractivity contribution >= 4 is 16.4 Å². The molecule has 15 heavy (non-hydrogen) atoms. The number of aliphatic carboxylic acids is 1. The minimum atomic E-state index is -4.29. The quantitative estimate of drug-likeness (QED) is 0.367. The third kappa shape index (κ3) is 66.7. The van der Waals surface area contributed by atoms with E-state index in [0.717, 1.165) is 6.08 Å². The number of rotatable bonds is 3. The normalized spacial score (nSPS) is 8.20. The zero-order chi connectivity index (χ0) is 12.9. The van der Waals surface area contributed by atoms with Crippen molar-refractivity contribution in [2.24, 2.45) is 0 Å². The molecule has 0 saturated carbocycles. The van der Waals surface area contributed by atoms with E-state index in [1.807, 2.05) is 0 Å². The predicted molar refractivity (Wildman–Crippen MR) is 53.4 cm³/mol. The molecule has 0 radical (unpaired) electrons. The van der Waals surface area contributed by atoms with Gasteiger partial charge in [-0.15, -0.1) is 0 Å². The number of hydrogen-bond donors (Lipinski definition) is 3. The topological polar surface area (TPSA) is 121 Å². The lowest BCUT2D eigenvalue weighted by Crippen LogP contribution is -1.96. The third-order valence-electron chi connectivity index (χ3n) is 0.364. The Morgan fingerprint density at radius 2 is 1.73 bits per heavy atom. The molecule has 0 aliphatic carbocycles. The van der Waals surface area contributed by atoms with Crippen molar-refractivity contribution in [2.45, 2.75) is 6.92 Å². The van der Waals surface area contributed by atoms with E-state index < -0.39 is 16.4 Å². The molecule has 90 valence electrons. The Labute approximate surface area is 88.3 Å². The van der Waals surface area contributed by atoms with Crippen molar-refractivity contribution in [3.05, 3.63) is 25.5 Å². The lowest BCUT2D eigenvalue weighted by molar-refractivity contribution is -0.131. The van der Waals surface area contributed by atoms with Crippen molar-refractivity contribution in [3.8, 4) is 0 Å². The van der Waals surface area contributed by atoms with Crippen molar-refractivity contribution < 1.29 is 32.2 Å². The maximum Gasteiger partial charge on any atom is 0.445 e. The minimum Gasteiger partial charge on any atom is -0.478 e. The number of carboxylic acid groups (broad SMARTS) is 1. The molecule has 0 bridgehead atoms. The second-order valence-electron chi connectivity index (χ2n) is 1.55. The monoisotopic (exact) mass is 242 g/mol. The van der Waals surface area contributed by atoms with Crippen LogP contribution >= 0.6 is 0 Å². The van der Waals surface area contributed by atoms with Crippen molar-refractivity contribution in [2.75, 3.05) is 6.61 Å². The molecule has 0 aliphatic rings. The Kier molecular flexibility index (Phi) is 16.2. The molecule has 8 heteroatoms. The first-order valence-corrected chi connectivity index (χ1v) is 4.84. The smallest absolute Gasteiger partial charge is 0.445 e. The van der Waals surface area contributed by atoms with Gasteiger partial charge in [0.2, 0.25) is 0 Å². The predicted octanol–water partition coefficient (Wildman–Crippen LogP) is 0.205. The summed E-state index contributed by atoms with van der Waals surface area (Å²) in [5, 5.41) is 15.2. The van der Waals surface area contributed by atoms with Crippen LogP contribution in [0.15, 0.2) is 25.5 Å². The molecule has 0 saturated heterocycles. The molecule has 0 aliphatic heterocycles. The highest BCUT2D eigenvalue weighted by Crippen LogP contribution is 1.82. The van der Waals surface area contributed by atoms with Crippen molar-refractivity contribution in [1.82, 2.24) is 0 Å². The lowest BCUT2D eigenvalue weighted by atomic mass is 10.7. The highest BCUT2D eigenvalue weighted by Gasteiger charge is 1.96. The average Bonchev–Trinajstić information content (AvgIpc) is 2.04. The highest BCUT2D eigenvalue weighted by molar-refractivity contribution is 7.81. The number of aliphatic hydroxyl groups excluding tert-OH is 1. The number of carbonyl (C=O) groups is 1. The van der Waals surface area contributed by atoms with E-state index >= 15 is 0 Å². The van der Waals surface area contributed by atoms with E-state index in [9.17, 15) is 13.2 Å². The van der Waals surface area contributed by atoms with Crippen LogP contribution in [0.5, 0.6) is 0 Å².